The zero-order valence-electron chi connectivity index (χ0n) is 19.0. The van der Waals surface area contributed by atoms with Gasteiger partial charge in [0.2, 0.25) is 5.91 Å². The van der Waals surface area contributed by atoms with E-state index in [0.29, 0.717) is 42.9 Å². The van der Waals surface area contributed by atoms with Gasteiger partial charge in [0.15, 0.2) is 12.4 Å². The van der Waals surface area contributed by atoms with Crippen molar-refractivity contribution in [1.82, 2.24) is 4.90 Å². The van der Waals surface area contributed by atoms with Crippen molar-refractivity contribution in [1.29, 1.82) is 0 Å². The van der Waals surface area contributed by atoms with Gasteiger partial charge in [0, 0.05) is 17.2 Å². The number of benzene rings is 3. The van der Waals surface area contributed by atoms with Crippen LogP contribution in [0.1, 0.15) is 30.1 Å². The van der Waals surface area contributed by atoms with Gasteiger partial charge in [0.1, 0.15) is 5.75 Å². The van der Waals surface area contributed by atoms with E-state index >= 15 is 0 Å². The molecule has 174 valence electrons. The maximum atomic E-state index is 13.1. The summed E-state index contributed by atoms with van der Waals surface area (Å²) in [7, 11) is 0. The van der Waals surface area contributed by atoms with Crippen LogP contribution in [0, 0.1) is 5.92 Å². The predicted molar refractivity (Wildman–Crippen MR) is 131 cm³/mol. The highest BCUT2D eigenvalue weighted by molar-refractivity contribution is 6.02. The molecule has 2 aliphatic heterocycles. The quantitative estimate of drug-likeness (QED) is 0.564. The summed E-state index contributed by atoms with van der Waals surface area (Å²) < 4.78 is 5.37. The molecule has 7 heteroatoms. The molecule has 0 aromatic heterocycles. The number of rotatable bonds is 5. The number of anilines is 2. The van der Waals surface area contributed by atoms with Gasteiger partial charge in [-0.2, -0.15) is 0 Å². The van der Waals surface area contributed by atoms with Gasteiger partial charge in [-0.25, -0.2) is 0 Å². The Balaban J connectivity index is 1.18. The SMILES string of the molecule is CC(C(=O)Nc1ccc2ccccc2c1)N1CCC(C(=O)c2ccc3c(c2)NC(=O)CO3)CC1. The summed E-state index contributed by atoms with van der Waals surface area (Å²) in [5, 5.41) is 8.00. The van der Waals surface area contributed by atoms with E-state index in [2.05, 4.69) is 15.5 Å². The smallest absolute Gasteiger partial charge is 0.262 e. The molecule has 5 rings (SSSR count). The van der Waals surface area contributed by atoms with E-state index in [1.54, 1.807) is 18.2 Å². The summed E-state index contributed by atoms with van der Waals surface area (Å²) in [6.07, 6.45) is 1.37. The number of ether oxygens (including phenoxy) is 1. The van der Waals surface area contributed by atoms with Crippen LogP contribution in [-0.4, -0.2) is 48.2 Å². The van der Waals surface area contributed by atoms with Crippen molar-refractivity contribution < 1.29 is 19.1 Å². The second-order valence-electron chi connectivity index (χ2n) is 8.95. The number of amides is 2. The van der Waals surface area contributed by atoms with Crippen LogP contribution >= 0.6 is 0 Å². The topological polar surface area (TPSA) is 87.7 Å². The van der Waals surface area contributed by atoms with Gasteiger partial charge in [-0.05, 0) is 74.0 Å². The van der Waals surface area contributed by atoms with Crippen molar-refractivity contribution >= 4 is 39.7 Å². The first kappa shape index (κ1) is 22.1. The van der Waals surface area contributed by atoms with E-state index < -0.39 is 0 Å². The Hall–Kier alpha value is -3.71. The number of Topliss-reactive ketones (excluding diaryl/α,β-unsaturated/α-hetero) is 1. The third-order valence-corrected chi connectivity index (χ3v) is 6.74. The molecule has 3 aromatic rings. The lowest BCUT2D eigenvalue weighted by Crippen LogP contribution is -2.47. The summed E-state index contributed by atoms with van der Waals surface area (Å²) >= 11 is 0. The summed E-state index contributed by atoms with van der Waals surface area (Å²) in [5.74, 6) is 0.268. The molecule has 1 fully saturated rings. The predicted octanol–water partition coefficient (Wildman–Crippen LogP) is 4.09. The molecule has 2 aliphatic rings. The second kappa shape index (κ2) is 9.27. The van der Waals surface area contributed by atoms with E-state index in [1.165, 1.54) is 0 Å². The lowest BCUT2D eigenvalue weighted by atomic mass is 9.88. The first-order valence-electron chi connectivity index (χ1n) is 11.6. The molecular formula is C27H27N3O4. The van der Waals surface area contributed by atoms with E-state index in [4.69, 9.17) is 4.74 Å². The first-order valence-corrected chi connectivity index (χ1v) is 11.6. The van der Waals surface area contributed by atoms with Crippen molar-refractivity contribution in [3.05, 3.63) is 66.2 Å². The fourth-order valence-electron chi connectivity index (χ4n) is 4.70. The Bertz CT molecular complexity index is 1260. The van der Waals surface area contributed by atoms with Crippen molar-refractivity contribution in [2.75, 3.05) is 30.3 Å². The number of likely N-dealkylation sites (tertiary alicyclic amines) is 1. The molecule has 0 aliphatic carbocycles. The van der Waals surface area contributed by atoms with Crippen molar-refractivity contribution in [2.45, 2.75) is 25.8 Å². The second-order valence-corrected chi connectivity index (χ2v) is 8.95. The number of piperidine rings is 1. The van der Waals surface area contributed by atoms with Crippen molar-refractivity contribution in [3.63, 3.8) is 0 Å². The maximum absolute atomic E-state index is 13.1. The molecule has 34 heavy (non-hydrogen) atoms. The Morgan fingerprint density at radius 1 is 1.03 bits per heavy atom. The molecule has 0 saturated carbocycles. The summed E-state index contributed by atoms with van der Waals surface area (Å²) in [4.78, 5) is 39.7. The van der Waals surface area contributed by atoms with Crippen LogP contribution in [-0.2, 0) is 9.59 Å². The van der Waals surface area contributed by atoms with Crippen LogP contribution in [0.3, 0.4) is 0 Å². The largest absolute Gasteiger partial charge is 0.482 e. The van der Waals surface area contributed by atoms with E-state index in [9.17, 15) is 14.4 Å². The Morgan fingerprint density at radius 2 is 1.79 bits per heavy atom. The highest BCUT2D eigenvalue weighted by Gasteiger charge is 2.31. The molecule has 2 heterocycles. The fraction of sp³-hybridized carbons (Fsp3) is 0.296. The molecule has 7 nitrogen and oxygen atoms in total. The number of hydrogen-bond donors (Lipinski definition) is 2. The van der Waals surface area contributed by atoms with Crippen molar-refractivity contribution in [3.8, 4) is 5.75 Å². The minimum Gasteiger partial charge on any atom is -0.482 e. The van der Waals surface area contributed by atoms with Gasteiger partial charge in [0.25, 0.3) is 5.91 Å². The minimum absolute atomic E-state index is 0.00855. The maximum Gasteiger partial charge on any atom is 0.262 e. The molecule has 2 amide bonds. The zero-order chi connectivity index (χ0) is 23.7. The Kier molecular flexibility index (Phi) is 6.02. The molecule has 1 atom stereocenters. The van der Waals surface area contributed by atoms with Gasteiger partial charge in [-0.15, -0.1) is 0 Å². The monoisotopic (exact) mass is 457 g/mol. The van der Waals surface area contributed by atoms with Crippen molar-refractivity contribution in [2.24, 2.45) is 5.92 Å². The summed E-state index contributed by atoms with van der Waals surface area (Å²) in [6.45, 7) is 3.25. The molecule has 1 saturated heterocycles. The molecule has 3 aromatic carbocycles. The van der Waals surface area contributed by atoms with Crippen LogP contribution in [0.2, 0.25) is 0 Å². The Morgan fingerprint density at radius 3 is 2.59 bits per heavy atom. The Labute approximate surface area is 198 Å². The van der Waals surface area contributed by atoms with E-state index in [-0.39, 0.29) is 36.2 Å². The van der Waals surface area contributed by atoms with E-state index in [0.717, 1.165) is 16.5 Å². The molecule has 2 N–H and O–H groups in total. The third-order valence-electron chi connectivity index (χ3n) is 6.74. The standard InChI is InChI=1S/C27H27N3O4/c1-17(27(33)28-22-8-6-18-4-2-3-5-20(18)14-22)30-12-10-19(11-13-30)26(32)21-7-9-24-23(15-21)29-25(31)16-34-24/h2-9,14-15,17,19H,10-13,16H2,1H3,(H,28,33)(H,29,31). The molecule has 0 spiro atoms. The fourth-order valence-corrected chi connectivity index (χ4v) is 4.70. The minimum atomic E-state index is -0.293. The van der Waals surface area contributed by atoms with Gasteiger partial charge >= 0.3 is 0 Å². The lowest BCUT2D eigenvalue weighted by molar-refractivity contribution is -0.121. The number of carbonyl (C=O) groups is 3. The van der Waals surface area contributed by atoms with Crippen LogP contribution < -0.4 is 15.4 Å². The van der Waals surface area contributed by atoms with Gasteiger partial charge in [0.05, 0.1) is 11.7 Å². The highest BCUT2D eigenvalue weighted by atomic mass is 16.5. The number of nitrogens with one attached hydrogen (secondary N) is 2. The molecule has 0 bridgehead atoms. The number of hydrogen-bond acceptors (Lipinski definition) is 5. The normalized spacial score (nSPS) is 17.4. The van der Waals surface area contributed by atoms with Gasteiger partial charge in [-0.1, -0.05) is 30.3 Å². The molecule has 1 unspecified atom stereocenters. The lowest BCUT2D eigenvalue weighted by Gasteiger charge is -2.34. The van der Waals surface area contributed by atoms with Gasteiger partial charge in [-0.3, -0.25) is 19.3 Å². The van der Waals surface area contributed by atoms with E-state index in [1.807, 2.05) is 49.4 Å². The van der Waals surface area contributed by atoms with Crippen LogP contribution in [0.5, 0.6) is 5.75 Å². The number of nitrogens with zero attached hydrogens (tertiary/aromatic N) is 1. The third kappa shape index (κ3) is 4.52. The molecular weight excluding hydrogens is 430 g/mol. The van der Waals surface area contributed by atoms with Crippen LogP contribution in [0.25, 0.3) is 10.8 Å². The first-order chi connectivity index (χ1) is 16.5. The van der Waals surface area contributed by atoms with Gasteiger partial charge < -0.3 is 15.4 Å². The number of fused-ring (bicyclic) bond motifs is 2. The number of ketones is 1. The number of carbonyl (C=O) groups excluding carboxylic acids is 3. The van der Waals surface area contributed by atoms with Crippen LogP contribution in [0.15, 0.2) is 60.7 Å². The zero-order valence-corrected chi connectivity index (χ0v) is 19.0. The van der Waals surface area contributed by atoms with Crippen LogP contribution in [0.4, 0.5) is 11.4 Å². The highest BCUT2D eigenvalue weighted by Crippen LogP contribution is 2.31. The summed E-state index contributed by atoms with van der Waals surface area (Å²) in [6, 6.07) is 18.8. The average molecular weight is 458 g/mol. The average Bonchev–Trinajstić information content (AvgIpc) is 2.87. The summed E-state index contributed by atoms with van der Waals surface area (Å²) in [5.41, 5.74) is 1.90. The molecule has 0 radical (unpaired) electrons.